The van der Waals surface area contributed by atoms with Gasteiger partial charge in [-0.15, -0.1) is 0 Å². The molecule has 1 aromatic carbocycles. The maximum Gasteiger partial charge on any atom is 0.277 e. The number of carbonyl (C=O) groups excluding carboxylic acids is 1. The van der Waals surface area contributed by atoms with E-state index in [1.807, 2.05) is 59.1 Å². The normalized spacial score (nSPS) is 16.7. The molecule has 0 fully saturated rings. The molecule has 26 heavy (non-hydrogen) atoms. The maximum atomic E-state index is 13.4. The van der Waals surface area contributed by atoms with Crippen molar-refractivity contribution in [2.45, 2.75) is 33.2 Å². The molecule has 0 spiro atoms. The number of amides is 1. The van der Waals surface area contributed by atoms with Gasteiger partial charge >= 0.3 is 0 Å². The number of fused-ring (bicyclic) bond motifs is 1. The maximum absolute atomic E-state index is 13.4. The van der Waals surface area contributed by atoms with Crippen LogP contribution < -0.4 is 4.90 Å². The van der Waals surface area contributed by atoms with Gasteiger partial charge in [0.05, 0.1) is 12.2 Å². The van der Waals surface area contributed by atoms with Gasteiger partial charge in [-0.05, 0) is 50.1 Å². The summed E-state index contributed by atoms with van der Waals surface area (Å²) in [7, 11) is 0. The Morgan fingerprint density at radius 3 is 2.62 bits per heavy atom. The van der Waals surface area contributed by atoms with Crippen LogP contribution in [0.3, 0.4) is 0 Å². The Kier molecular flexibility index (Phi) is 4.07. The van der Waals surface area contributed by atoms with E-state index in [0.29, 0.717) is 12.2 Å². The van der Waals surface area contributed by atoms with E-state index in [9.17, 15) is 4.79 Å². The van der Waals surface area contributed by atoms with E-state index in [4.69, 9.17) is 0 Å². The van der Waals surface area contributed by atoms with Gasteiger partial charge < -0.3 is 4.90 Å². The molecule has 4 rings (SSSR count). The molecule has 132 valence electrons. The predicted molar refractivity (Wildman–Crippen MR) is 102 cm³/mol. The average Bonchev–Trinajstić information content (AvgIpc) is 3.09. The SMILES string of the molecule is CCC1CN(c2ccc(C)cc2)C(=O)c2c(-c3ccnc(C)c3)cnn21. The van der Waals surface area contributed by atoms with Crippen molar-refractivity contribution in [1.29, 1.82) is 0 Å². The van der Waals surface area contributed by atoms with E-state index in [2.05, 4.69) is 23.9 Å². The molecule has 1 aliphatic heterocycles. The Balaban J connectivity index is 1.83. The molecule has 0 saturated heterocycles. The van der Waals surface area contributed by atoms with E-state index in [-0.39, 0.29) is 11.9 Å². The summed E-state index contributed by atoms with van der Waals surface area (Å²) in [5.41, 5.74) is 5.55. The number of aryl methyl sites for hydroxylation is 2. The standard InChI is InChI=1S/C21H22N4O/c1-4-17-13-24(18-7-5-14(2)6-8-18)21(26)20-19(12-23-25(17)20)16-9-10-22-15(3)11-16/h5-12,17H,4,13H2,1-3H3. The van der Waals surface area contributed by atoms with Crippen LogP contribution in [0, 0.1) is 13.8 Å². The van der Waals surface area contributed by atoms with E-state index < -0.39 is 0 Å². The molecular weight excluding hydrogens is 324 g/mol. The second-order valence-corrected chi connectivity index (χ2v) is 6.85. The molecule has 3 aromatic rings. The highest BCUT2D eigenvalue weighted by atomic mass is 16.2. The van der Waals surface area contributed by atoms with E-state index in [1.165, 1.54) is 5.56 Å². The fraction of sp³-hybridized carbons (Fsp3) is 0.286. The minimum Gasteiger partial charge on any atom is -0.305 e. The number of rotatable bonds is 3. The molecular formula is C21H22N4O. The van der Waals surface area contributed by atoms with Gasteiger partial charge in [0, 0.05) is 29.7 Å². The lowest BCUT2D eigenvalue weighted by molar-refractivity contribution is 0.0951. The second kappa shape index (κ2) is 6.41. The molecule has 0 radical (unpaired) electrons. The smallest absolute Gasteiger partial charge is 0.277 e. The average molecular weight is 346 g/mol. The van der Waals surface area contributed by atoms with Gasteiger partial charge in [0.2, 0.25) is 0 Å². The summed E-state index contributed by atoms with van der Waals surface area (Å²) in [6, 6.07) is 12.2. The van der Waals surface area contributed by atoms with Gasteiger partial charge in [-0.2, -0.15) is 5.10 Å². The number of aromatic nitrogens is 3. The lowest BCUT2D eigenvalue weighted by Gasteiger charge is -2.33. The van der Waals surface area contributed by atoms with Crippen molar-refractivity contribution in [3.05, 3.63) is 65.7 Å². The Morgan fingerprint density at radius 2 is 1.92 bits per heavy atom. The summed E-state index contributed by atoms with van der Waals surface area (Å²) in [6.07, 6.45) is 4.50. The Morgan fingerprint density at radius 1 is 1.15 bits per heavy atom. The van der Waals surface area contributed by atoms with Crippen LogP contribution in [-0.2, 0) is 0 Å². The highest BCUT2D eigenvalue weighted by Gasteiger charge is 2.34. The summed E-state index contributed by atoms with van der Waals surface area (Å²) >= 11 is 0. The van der Waals surface area contributed by atoms with Crippen LogP contribution in [0.1, 0.15) is 41.1 Å². The first-order valence-corrected chi connectivity index (χ1v) is 8.97. The monoisotopic (exact) mass is 346 g/mol. The van der Waals surface area contributed by atoms with Crippen LogP contribution >= 0.6 is 0 Å². The molecule has 5 heteroatoms. The van der Waals surface area contributed by atoms with Crippen LogP contribution in [0.2, 0.25) is 0 Å². The van der Waals surface area contributed by atoms with Gasteiger partial charge in [-0.25, -0.2) is 0 Å². The van der Waals surface area contributed by atoms with Crippen LogP contribution in [0.15, 0.2) is 48.8 Å². The molecule has 0 bridgehead atoms. The highest BCUT2D eigenvalue weighted by molar-refractivity contribution is 6.09. The first kappa shape index (κ1) is 16.5. The van der Waals surface area contributed by atoms with Crippen LogP contribution in [0.5, 0.6) is 0 Å². The molecule has 1 aliphatic rings. The molecule has 1 atom stereocenters. The Hall–Kier alpha value is -2.95. The van der Waals surface area contributed by atoms with Gasteiger partial charge in [0.15, 0.2) is 0 Å². The van der Waals surface area contributed by atoms with Gasteiger partial charge in [0.25, 0.3) is 5.91 Å². The molecule has 3 heterocycles. The fourth-order valence-electron chi connectivity index (χ4n) is 3.52. The Labute approximate surface area is 153 Å². The minimum absolute atomic E-state index is 0.000480. The van der Waals surface area contributed by atoms with Crippen molar-refractivity contribution in [3.63, 3.8) is 0 Å². The Bertz CT molecular complexity index is 958. The third kappa shape index (κ3) is 2.69. The zero-order chi connectivity index (χ0) is 18.3. The van der Waals surface area contributed by atoms with Crippen LogP contribution in [0.4, 0.5) is 5.69 Å². The van der Waals surface area contributed by atoms with E-state index >= 15 is 0 Å². The van der Waals surface area contributed by atoms with Gasteiger partial charge in [-0.1, -0.05) is 24.6 Å². The molecule has 0 saturated carbocycles. The van der Waals surface area contributed by atoms with Crippen molar-refractivity contribution in [2.75, 3.05) is 11.4 Å². The minimum atomic E-state index is 0.000480. The highest BCUT2D eigenvalue weighted by Crippen LogP contribution is 2.33. The number of nitrogens with zero attached hydrogens (tertiary/aromatic N) is 4. The molecule has 5 nitrogen and oxygen atoms in total. The molecule has 0 aliphatic carbocycles. The second-order valence-electron chi connectivity index (χ2n) is 6.85. The number of hydrogen-bond acceptors (Lipinski definition) is 3. The number of benzene rings is 1. The topological polar surface area (TPSA) is 51.0 Å². The largest absolute Gasteiger partial charge is 0.305 e. The predicted octanol–water partition coefficient (Wildman–Crippen LogP) is 4.17. The van der Waals surface area contributed by atoms with Crippen molar-refractivity contribution < 1.29 is 4.79 Å². The van der Waals surface area contributed by atoms with Crippen molar-refractivity contribution in [1.82, 2.24) is 14.8 Å². The molecule has 1 unspecified atom stereocenters. The molecule has 2 aromatic heterocycles. The van der Waals surface area contributed by atoms with Gasteiger partial charge in [-0.3, -0.25) is 14.5 Å². The van der Waals surface area contributed by atoms with Crippen molar-refractivity contribution in [3.8, 4) is 11.1 Å². The summed E-state index contributed by atoms with van der Waals surface area (Å²) in [6.45, 7) is 6.78. The van der Waals surface area contributed by atoms with Crippen molar-refractivity contribution >= 4 is 11.6 Å². The van der Waals surface area contributed by atoms with E-state index in [0.717, 1.165) is 28.9 Å². The van der Waals surface area contributed by atoms with Crippen LogP contribution in [0.25, 0.3) is 11.1 Å². The number of anilines is 1. The molecule has 1 amide bonds. The third-order valence-corrected chi connectivity index (χ3v) is 5.01. The third-order valence-electron chi connectivity index (χ3n) is 5.01. The quantitative estimate of drug-likeness (QED) is 0.715. The van der Waals surface area contributed by atoms with Crippen LogP contribution in [-0.4, -0.2) is 27.2 Å². The van der Waals surface area contributed by atoms with Crippen molar-refractivity contribution in [2.24, 2.45) is 0 Å². The lowest BCUT2D eigenvalue weighted by Crippen LogP contribution is -2.43. The number of hydrogen-bond donors (Lipinski definition) is 0. The summed E-state index contributed by atoms with van der Waals surface area (Å²) < 4.78 is 1.90. The first-order chi connectivity index (χ1) is 12.6. The van der Waals surface area contributed by atoms with E-state index in [1.54, 1.807) is 6.20 Å². The lowest BCUT2D eigenvalue weighted by atomic mass is 10.0. The first-order valence-electron chi connectivity index (χ1n) is 8.97. The molecule has 0 N–H and O–H groups in total. The summed E-state index contributed by atoms with van der Waals surface area (Å²) in [5, 5.41) is 4.56. The fourth-order valence-corrected chi connectivity index (χ4v) is 3.52. The zero-order valence-electron chi connectivity index (χ0n) is 15.3. The zero-order valence-corrected chi connectivity index (χ0v) is 15.3. The van der Waals surface area contributed by atoms with Gasteiger partial charge in [0.1, 0.15) is 5.69 Å². The summed E-state index contributed by atoms with van der Waals surface area (Å²) in [5.74, 6) is 0.000480. The summed E-state index contributed by atoms with van der Waals surface area (Å²) in [4.78, 5) is 19.5. The number of carbonyl (C=O) groups is 1. The number of pyridine rings is 1.